The van der Waals surface area contributed by atoms with Crippen LogP contribution in [-0.2, 0) is 13.0 Å². The summed E-state index contributed by atoms with van der Waals surface area (Å²) in [6.45, 7) is 8.83. The van der Waals surface area contributed by atoms with Gasteiger partial charge in [0, 0.05) is 18.8 Å². The molecule has 1 heterocycles. The van der Waals surface area contributed by atoms with Gasteiger partial charge in [-0.2, -0.15) is 0 Å². The van der Waals surface area contributed by atoms with Crippen LogP contribution in [0.3, 0.4) is 0 Å². The monoisotopic (exact) mass is 293 g/mol. The maximum Gasteiger partial charge on any atom is 0.111 e. The van der Waals surface area contributed by atoms with Crippen molar-refractivity contribution < 1.29 is 0 Å². The SMILES string of the molecule is CCN(CC)CCCn1c(CCCl)nc2ccccc21. The topological polar surface area (TPSA) is 21.1 Å². The van der Waals surface area contributed by atoms with E-state index in [1.165, 1.54) is 5.52 Å². The number of hydrogen-bond acceptors (Lipinski definition) is 2. The van der Waals surface area contributed by atoms with Crippen molar-refractivity contribution in [2.24, 2.45) is 0 Å². The van der Waals surface area contributed by atoms with Gasteiger partial charge in [0.2, 0.25) is 0 Å². The number of aryl methyl sites for hydroxylation is 2. The second kappa shape index (κ2) is 7.65. The number of para-hydroxylation sites is 2. The lowest BCUT2D eigenvalue weighted by atomic mass is 10.3. The molecule has 0 spiro atoms. The predicted molar refractivity (Wildman–Crippen MR) is 86.6 cm³/mol. The Morgan fingerprint density at radius 1 is 1.20 bits per heavy atom. The fourth-order valence-corrected chi connectivity index (χ4v) is 2.81. The molecular formula is C16H24ClN3. The van der Waals surface area contributed by atoms with Crippen molar-refractivity contribution in [1.82, 2.24) is 14.5 Å². The molecule has 0 aliphatic heterocycles. The summed E-state index contributed by atoms with van der Waals surface area (Å²) < 4.78 is 2.33. The molecule has 0 unspecified atom stereocenters. The van der Waals surface area contributed by atoms with Crippen molar-refractivity contribution in [3.63, 3.8) is 0 Å². The fraction of sp³-hybridized carbons (Fsp3) is 0.562. The second-order valence-electron chi connectivity index (χ2n) is 4.99. The quantitative estimate of drug-likeness (QED) is 0.694. The summed E-state index contributed by atoms with van der Waals surface area (Å²) in [5, 5.41) is 0. The van der Waals surface area contributed by atoms with Gasteiger partial charge in [0.15, 0.2) is 0 Å². The standard InChI is InChI=1S/C16H24ClN3/c1-3-19(4-2)12-7-13-20-15-9-6-5-8-14(15)18-16(20)10-11-17/h5-6,8-9H,3-4,7,10-13H2,1-2H3. The Labute approximate surface area is 126 Å². The first-order chi connectivity index (χ1) is 9.80. The van der Waals surface area contributed by atoms with Crippen molar-refractivity contribution in [1.29, 1.82) is 0 Å². The molecule has 0 bridgehead atoms. The summed E-state index contributed by atoms with van der Waals surface area (Å²) in [6, 6.07) is 8.35. The lowest BCUT2D eigenvalue weighted by Gasteiger charge is -2.18. The van der Waals surface area contributed by atoms with E-state index >= 15 is 0 Å². The van der Waals surface area contributed by atoms with Gasteiger partial charge in [-0.05, 0) is 38.2 Å². The van der Waals surface area contributed by atoms with E-state index in [-0.39, 0.29) is 0 Å². The maximum absolute atomic E-state index is 5.90. The van der Waals surface area contributed by atoms with Crippen LogP contribution in [0.15, 0.2) is 24.3 Å². The van der Waals surface area contributed by atoms with Gasteiger partial charge in [0.1, 0.15) is 5.82 Å². The molecule has 110 valence electrons. The van der Waals surface area contributed by atoms with Gasteiger partial charge in [-0.1, -0.05) is 26.0 Å². The third-order valence-electron chi connectivity index (χ3n) is 3.80. The third-order valence-corrected chi connectivity index (χ3v) is 3.99. The molecule has 1 aromatic heterocycles. The zero-order chi connectivity index (χ0) is 14.4. The molecule has 1 aromatic carbocycles. The Morgan fingerprint density at radius 2 is 1.95 bits per heavy atom. The highest BCUT2D eigenvalue weighted by Gasteiger charge is 2.10. The molecule has 0 saturated heterocycles. The average Bonchev–Trinajstić information content (AvgIpc) is 2.82. The van der Waals surface area contributed by atoms with Gasteiger partial charge in [-0.3, -0.25) is 0 Å². The van der Waals surface area contributed by atoms with Crippen molar-refractivity contribution >= 4 is 22.6 Å². The van der Waals surface area contributed by atoms with E-state index in [2.05, 4.69) is 41.5 Å². The highest BCUT2D eigenvalue weighted by Crippen LogP contribution is 2.17. The van der Waals surface area contributed by atoms with Crippen LogP contribution >= 0.6 is 11.6 Å². The minimum atomic E-state index is 0.624. The Balaban J connectivity index is 2.12. The minimum absolute atomic E-state index is 0.624. The smallest absolute Gasteiger partial charge is 0.111 e. The molecule has 0 atom stereocenters. The fourth-order valence-electron chi connectivity index (χ4n) is 2.64. The second-order valence-corrected chi connectivity index (χ2v) is 5.37. The van der Waals surface area contributed by atoms with Crippen LogP contribution in [0.25, 0.3) is 11.0 Å². The molecule has 2 rings (SSSR count). The average molecular weight is 294 g/mol. The molecule has 0 fully saturated rings. The molecule has 0 N–H and O–H groups in total. The van der Waals surface area contributed by atoms with Gasteiger partial charge in [-0.15, -0.1) is 11.6 Å². The van der Waals surface area contributed by atoms with Gasteiger partial charge in [0.25, 0.3) is 0 Å². The summed E-state index contributed by atoms with van der Waals surface area (Å²) >= 11 is 5.90. The Bertz CT molecular complexity index is 532. The van der Waals surface area contributed by atoms with E-state index in [4.69, 9.17) is 16.6 Å². The number of rotatable bonds is 8. The van der Waals surface area contributed by atoms with E-state index in [1.54, 1.807) is 0 Å². The zero-order valence-electron chi connectivity index (χ0n) is 12.5. The predicted octanol–water partition coefficient (Wildman–Crippen LogP) is 3.55. The summed E-state index contributed by atoms with van der Waals surface area (Å²) in [6.07, 6.45) is 1.98. The van der Waals surface area contributed by atoms with E-state index in [0.29, 0.717) is 5.88 Å². The highest BCUT2D eigenvalue weighted by atomic mass is 35.5. The van der Waals surface area contributed by atoms with E-state index in [9.17, 15) is 0 Å². The number of fused-ring (bicyclic) bond motifs is 1. The number of halogens is 1. The van der Waals surface area contributed by atoms with Gasteiger partial charge in [0.05, 0.1) is 11.0 Å². The first-order valence-electron chi connectivity index (χ1n) is 7.52. The summed E-state index contributed by atoms with van der Waals surface area (Å²) in [4.78, 5) is 7.16. The number of alkyl halides is 1. The molecular weight excluding hydrogens is 270 g/mol. The van der Waals surface area contributed by atoms with Crippen LogP contribution in [0.4, 0.5) is 0 Å². The molecule has 20 heavy (non-hydrogen) atoms. The third kappa shape index (κ3) is 3.53. The van der Waals surface area contributed by atoms with Crippen LogP contribution in [0.2, 0.25) is 0 Å². The lowest BCUT2D eigenvalue weighted by Crippen LogP contribution is -2.25. The van der Waals surface area contributed by atoms with Crippen LogP contribution < -0.4 is 0 Å². The van der Waals surface area contributed by atoms with Crippen LogP contribution in [0.1, 0.15) is 26.1 Å². The van der Waals surface area contributed by atoms with Crippen molar-refractivity contribution in [2.75, 3.05) is 25.5 Å². The summed E-state index contributed by atoms with van der Waals surface area (Å²) in [5.41, 5.74) is 2.31. The Morgan fingerprint density at radius 3 is 2.65 bits per heavy atom. The molecule has 0 amide bonds. The van der Waals surface area contributed by atoms with Crippen LogP contribution in [0, 0.1) is 0 Å². The normalized spacial score (nSPS) is 11.6. The number of aromatic nitrogens is 2. The number of imidazole rings is 1. The lowest BCUT2D eigenvalue weighted by molar-refractivity contribution is 0.293. The zero-order valence-corrected chi connectivity index (χ0v) is 13.2. The molecule has 0 aliphatic carbocycles. The first-order valence-corrected chi connectivity index (χ1v) is 8.06. The maximum atomic E-state index is 5.90. The summed E-state index contributed by atoms with van der Waals surface area (Å²) in [5.74, 6) is 1.74. The van der Waals surface area contributed by atoms with Gasteiger partial charge in [-0.25, -0.2) is 4.98 Å². The largest absolute Gasteiger partial charge is 0.328 e. The van der Waals surface area contributed by atoms with Crippen molar-refractivity contribution in [3.05, 3.63) is 30.1 Å². The number of nitrogens with zero attached hydrogens (tertiary/aromatic N) is 3. The molecule has 0 saturated carbocycles. The van der Waals surface area contributed by atoms with Crippen molar-refractivity contribution in [2.45, 2.75) is 33.2 Å². The van der Waals surface area contributed by atoms with Gasteiger partial charge >= 0.3 is 0 Å². The molecule has 4 heteroatoms. The van der Waals surface area contributed by atoms with Gasteiger partial charge < -0.3 is 9.47 Å². The summed E-state index contributed by atoms with van der Waals surface area (Å²) in [7, 11) is 0. The number of benzene rings is 1. The Hall–Kier alpha value is -1.06. The van der Waals surface area contributed by atoms with Crippen molar-refractivity contribution in [3.8, 4) is 0 Å². The number of hydrogen-bond donors (Lipinski definition) is 0. The highest BCUT2D eigenvalue weighted by molar-refractivity contribution is 6.17. The molecule has 0 radical (unpaired) electrons. The van der Waals surface area contributed by atoms with E-state index in [1.807, 2.05) is 6.07 Å². The van der Waals surface area contributed by atoms with Crippen LogP contribution in [-0.4, -0.2) is 40.0 Å². The van der Waals surface area contributed by atoms with E-state index < -0.39 is 0 Å². The van der Waals surface area contributed by atoms with E-state index in [0.717, 1.165) is 50.4 Å². The molecule has 3 nitrogen and oxygen atoms in total. The Kier molecular flexibility index (Phi) is 5.86. The molecule has 2 aromatic rings. The first kappa shape index (κ1) is 15.3. The minimum Gasteiger partial charge on any atom is -0.328 e. The van der Waals surface area contributed by atoms with Crippen LogP contribution in [0.5, 0.6) is 0 Å². The molecule has 0 aliphatic rings.